The second-order valence-corrected chi connectivity index (χ2v) is 10.6. The van der Waals surface area contributed by atoms with E-state index in [4.69, 9.17) is 13.8 Å². The molecule has 14 heteroatoms. The third kappa shape index (κ3) is 6.48. The number of aliphatic hydroxyl groups excluding tert-OH is 1. The Balaban J connectivity index is 1.57. The minimum atomic E-state index is -0.540. The summed E-state index contributed by atoms with van der Waals surface area (Å²) >= 11 is 0. The Bertz CT molecular complexity index is 1430. The maximum absolute atomic E-state index is 13.7. The van der Waals surface area contributed by atoms with Gasteiger partial charge in [0.25, 0.3) is 5.91 Å². The van der Waals surface area contributed by atoms with Crippen LogP contribution in [0.25, 0.3) is 0 Å². The molecule has 4 N–H and O–H groups in total. The lowest BCUT2D eigenvalue weighted by molar-refractivity contribution is 0.0371. The minimum Gasteiger partial charge on any atom is -0.487 e. The maximum Gasteiger partial charge on any atom is 0.323 e. The lowest BCUT2D eigenvalue weighted by Gasteiger charge is -2.38. The number of nitrogens with zero attached hydrogens (tertiary/aromatic N) is 4. The third-order valence-corrected chi connectivity index (χ3v) is 7.26. The molecule has 0 radical (unpaired) electrons. The van der Waals surface area contributed by atoms with E-state index in [2.05, 4.69) is 26.3 Å². The third-order valence-electron chi connectivity index (χ3n) is 7.26. The van der Waals surface area contributed by atoms with E-state index in [1.165, 1.54) is 11.0 Å². The number of rotatable bonds is 7. The van der Waals surface area contributed by atoms with Crippen LogP contribution in [0.3, 0.4) is 0 Å². The van der Waals surface area contributed by atoms with Gasteiger partial charge in [0.2, 0.25) is 0 Å². The molecule has 1 aliphatic heterocycles. The molecule has 0 fully saturated rings. The lowest BCUT2D eigenvalue weighted by atomic mass is 9.99. The summed E-state index contributed by atoms with van der Waals surface area (Å²) < 4.78 is 16.6. The zero-order chi connectivity index (χ0) is 30.7. The number of aliphatic hydroxyl groups is 1. The SMILES string of the molecule is Cc1noc(C)c1NC(=O)Nc1ccc2c(c1)C(=O)N([C@H](C)CO)C[C@H](C)[C@@H](CN(C)C(=O)Nc1c(C)noc1C)O2. The van der Waals surface area contributed by atoms with Gasteiger partial charge in [-0.3, -0.25) is 4.79 Å². The summed E-state index contributed by atoms with van der Waals surface area (Å²) in [4.78, 5) is 42.5. The van der Waals surface area contributed by atoms with Crippen LogP contribution in [0.15, 0.2) is 27.2 Å². The molecule has 42 heavy (non-hydrogen) atoms. The molecule has 0 spiro atoms. The Morgan fingerprint density at radius 2 is 1.69 bits per heavy atom. The number of carbonyl (C=O) groups is 3. The summed E-state index contributed by atoms with van der Waals surface area (Å²) in [6.07, 6.45) is -0.507. The Hall–Kier alpha value is -4.59. The number of anilines is 3. The fourth-order valence-corrected chi connectivity index (χ4v) is 4.67. The van der Waals surface area contributed by atoms with Crippen molar-refractivity contribution in [2.75, 3.05) is 42.7 Å². The maximum atomic E-state index is 13.7. The van der Waals surface area contributed by atoms with Gasteiger partial charge in [0.05, 0.1) is 24.8 Å². The van der Waals surface area contributed by atoms with Crippen LogP contribution >= 0.6 is 0 Å². The number of likely N-dealkylation sites (N-methyl/N-ethyl adjacent to an activating group) is 1. The zero-order valence-electron chi connectivity index (χ0n) is 24.8. The lowest BCUT2D eigenvalue weighted by Crippen LogP contribution is -2.50. The quantitative estimate of drug-likeness (QED) is 0.321. The Labute approximate surface area is 243 Å². The highest BCUT2D eigenvalue weighted by atomic mass is 16.5. The molecule has 2 aromatic heterocycles. The van der Waals surface area contributed by atoms with Crippen LogP contribution in [0.4, 0.5) is 26.7 Å². The highest BCUT2D eigenvalue weighted by molar-refractivity contribution is 6.03. The van der Waals surface area contributed by atoms with E-state index in [1.54, 1.807) is 58.7 Å². The van der Waals surface area contributed by atoms with Gasteiger partial charge >= 0.3 is 12.1 Å². The fourth-order valence-electron chi connectivity index (χ4n) is 4.67. The molecule has 0 saturated heterocycles. The number of hydrogen-bond donors (Lipinski definition) is 4. The van der Waals surface area contributed by atoms with Crippen molar-refractivity contribution in [3.63, 3.8) is 0 Å². The first-order valence-corrected chi connectivity index (χ1v) is 13.6. The number of hydrogen-bond acceptors (Lipinski definition) is 9. The number of aromatic nitrogens is 2. The van der Waals surface area contributed by atoms with Crippen LogP contribution in [0.5, 0.6) is 5.75 Å². The van der Waals surface area contributed by atoms with Gasteiger partial charge < -0.3 is 44.6 Å². The Morgan fingerprint density at radius 3 is 2.26 bits per heavy atom. The summed E-state index contributed by atoms with van der Waals surface area (Å²) in [5.74, 6) is 0.697. The van der Waals surface area contributed by atoms with E-state index in [9.17, 15) is 19.5 Å². The highest BCUT2D eigenvalue weighted by Gasteiger charge is 2.34. The van der Waals surface area contributed by atoms with Crippen molar-refractivity contribution >= 4 is 35.0 Å². The first-order valence-electron chi connectivity index (χ1n) is 13.6. The van der Waals surface area contributed by atoms with Gasteiger partial charge in [-0.25, -0.2) is 9.59 Å². The van der Waals surface area contributed by atoms with Crippen LogP contribution in [-0.4, -0.2) is 82.1 Å². The zero-order valence-corrected chi connectivity index (χ0v) is 24.8. The van der Waals surface area contributed by atoms with Crippen LogP contribution in [0.1, 0.15) is 47.1 Å². The van der Waals surface area contributed by atoms with Crippen molar-refractivity contribution in [2.45, 2.75) is 53.7 Å². The number of urea groups is 2. The second kappa shape index (κ2) is 12.5. The normalized spacial score (nSPS) is 17.4. The smallest absolute Gasteiger partial charge is 0.323 e. The summed E-state index contributed by atoms with van der Waals surface area (Å²) in [5, 5.41) is 25.9. The molecule has 0 saturated carbocycles. The van der Waals surface area contributed by atoms with E-state index in [-0.39, 0.29) is 43.1 Å². The van der Waals surface area contributed by atoms with Crippen LogP contribution < -0.4 is 20.7 Å². The molecule has 4 rings (SSSR count). The molecule has 0 aliphatic carbocycles. The van der Waals surface area contributed by atoms with E-state index in [0.29, 0.717) is 45.7 Å². The predicted octanol–water partition coefficient (Wildman–Crippen LogP) is 3.92. The summed E-state index contributed by atoms with van der Waals surface area (Å²) in [6, 6.07) is 3.37. The van der Waals surface area contributed by atoms with Crippen molar-refractivity contribution in [3.8, 4) is 5.75 Å². The van der Waals surface area contributed by atoms with Crippen molar-refractivity contribution < 1.29 is 33.3 Å². The van der Waals surface area contributed by atoms with Crippen LogP contribution in [0, 0.1) is 33.6 Å². The molecule has 3 heterocycles. The van der Waals surface area contributed by atoms with Gasteiger partial charge in [0.15, 0.2) is 11.5 Å². The minimum absolute atomic E-state index is 0.200. The van der Waals surface area contributed by atoms with Gasteiger partial charge in [-0.15, -0.1) is 0 Å². The highest BCUT2D eigenvalue weighted by Crippen LogP contribution is 2.31. The molecular weight excluding hydrogens is 546 g/mol. The number of amides is 5. The van der Waals surface area contributed by atoms with Gasteiger partial charge in [-0.1, -0.05) is 17.2 Å². The topological polar surface area (TPSA) is 175 Å². The average Bonchev–Trinajstić information content (AvgIpc) is 3.44. The van der Waals surface area contributed by atoms with Crippen molar-refractivity contribution in [1.29, 1.82) is 0 Å². The van der Waals surface area contributed by atoms with Gasteiger partial charge in [-0.05, 0) is 52.8 Å². The molecule has 14 nitrogen and oxygen atoms in total. The number of benzene rings is 1. The van der Waals surface area contributed by atoms with E-state index in [1.807, 2.05) is 6.92 Å². The average molecular weight is 584 g/mol. The number of carbonyl (C=O) groups excluding carboxylic acids is 3. The molecule has 226 valence electrons. The molecule has 5 amide bonds. The predicted molar refractivity (Wildman–Crippen MR) is 154 cm³/mol. The molecule has 0 bridgehead atoms. The molecule has 3 aromatic rings. The first-order chi connectivity index (χ1) is 19.9. The number of fused-ring (bicyclic) bond motifs is 1. The standard InChI is InChI=1S/C28H37N7O7/c1-14-11-35(15(2)13-36)26(37)21-10-20(29-27(38)30-24-16(3)32-41-18(24)5)8-9-22(21)40-23(14)12-34(7)28(39)31-25-17(4)33-42-19(25)6/h8-10,14-15,23,36H,11-13H2,1-7H3,(H,31,39)(H2,29,30,38)/t14-,15+,23+/m0/s1. The van der Waals surface area contributed by atoms with Crippen molar-refractivity contribution in [1.82, 2.24) is 20.1 Å². The van der Waals surface area contributed by atoms with Crippen molar-refractivity contribution in [3.05, 3.63) is 46.7 Å². The molecule has 0 unspecified atom stereocenters. The molecule has 1 aromatic carbocycles. The van der Waals surface area contributed by atoms with Gasteiger partial charge in [0, 0.05) is 25.2 Å². The van der Waals surface area contributed by atoms with E-state index >= 15 is 0 Å². The number of nitrogens with one attached hydrogen (secondary N) is 3. The van der Waals surface area contributed by atoms with Crippen LogP contribution in [-0.2, 0) is 0 Å². The summed E-state index contributed by atoms with van der Waals surface area (Å²) in [7, 11) is 1.65. The number of ether oxygens (including phenoxy) is 1. The first kappa shape index (κ1) is 30.4. The molecule has 3 atom stereocenters. The summed E-state index contributed by atoms with van der Waals surface area (Å²) in [6.45, 7) is 10.8. The fraction of sp³-hybridized carbons (Fsp3) is 0.464. The van der Waals surface area contributed by atoms with E-state index < -0.39 is 18.2 Å². The van der Waals surface area contributed by atoms with Gasteiger partial charge in [-0.2, -0.15) is 0 Å². The van der Waals surface area contributed by atoms with E-state index in [0.717, 1.165) is 0 Å². The van der Waals surface area contributed by atoms with Crippen LogP contribution in [0.2, 0.25) is 0 Å². The largest absolute Gasteiger partial charge is 0.487 e. The second-order valence-electron chi connectivity index (χ2n) is 10.6. The Kier molecular flexibility index (Phi) is 9.05. The van der Waals surface area contributed by atoms with Gasteiger partial charge in [0.1, 0.15) is 34.6 Å². The monoisotopic (exact) mass is 583 g/mol. The number of aryl methyl sites for hydroxylation is 4. The molecule has 1 aliphatic rings. The Morgan fingerprint density at radius 1 is 1.07 bits per heavy atom. The molecular formula is C28H37N7O7. The summed E-state index contributed by atoms with van der Waals surface area (Å²) in [5.41, 5.74) is 2.63. The van der Waals surface area contributed by atoms with Crippen molar-refractivity contribution in [2.24, 2.45) is 5.92 Å².